The van der Waals surface area contributed by atoms with Crippen molar-refractivity contribution in [3.05, 3.63) is 71.8 Å². The average Bonchev–Trinajstić information content (AvgIpc) is 2.58. The van der Waals surface area contributed by atoms with E-state index in [9.17, 15) is 0 Å². The molecule has 1 unspecified atom stereocenters. The molecule has 2 aromatic carbocycles. The van der Waals surface area contributed by atoms with E-state index in [-0.39, 0.29) is 5.41 Å². The van der Waals surface area contributed by atoms with E-state index in [0.717, 1.165) is 6.54 Å². The minimum Gasteiger partial charge on any atom is -0.329 e. The smallest absolute Gasteiger partial charge is 0.0365 e. The number of rotatable bonds is 8. The van der Waals surface area contributed by atoms with Crippen molar-refractivity contribution in [3.8, 4) is 0 Å². The van der Waals surface area contributed by atoms with Gasteiger partial charge in [-0.05, 0) is 37.6 Å². The number of hydrogen-bond acceptors (Lipinski definition) is 2. The molecule has 2 aromatic rings. The molecule has 124 valence electrons. The summed E-state index contributed by atoms with van der Waals surface area (Å²) in [5.74, 6) is 0.484. The van der Waals surface area contributed by atoms with Gasteiger partial charge in [-0.15, -0.1) is 0 Å². The van der Waals surface area contributed by atoms with Crippen molar-refractivity contribution in [2.24, 2.45) is 11.7 Å². The molecule has 2 nitrogen and oxygen atoms in total. The number of benzene rings is 2. The van der Waals surface area contributed by atoms with Gasteiger partial charge in [0.2, 0.25) is 0 Å². The quantitative estimate of drug-likeness (QED) is 0.801. The van der Waals surface area contributed by atoms with Crippen LogP contribution in [0.3, 0.4) is 0 Å². The molecule has 0 bridgehead atoms. The van der Waals surface area contributed by atoms with Crippen LogP contribution >= 0.6 is 0 Å². The lowest BCUT2D eigenvalue weighted by Gasteiger charge is -2.42. The molecule has 0 aliphatic rings. The summed E-state index contributed by atoms with van der Waals surface area (Å²) < 4.78 is 0. The van der Waals surface area contributed by atoms with Gasteiger partial charge in [-0.2, -0.15) is 0 Å². The van der Waals surface area contributed by atoms with Crippen LogP contribution in [0.1, 0.15) is 30.9 Å². The Labute approximate surface area is 141 Å². The Hall–Kier alpha value is -1.64. The molecule has 0 saturated heterocycles. The van der Waals surface area contributed by atoms with Crippen molar-refractivity contribution in [1.82, 2.24) is 4.90 Å². The summed E-state index contributed by atoms with van der Waals surface area (Å²) in [6, 6.07) is 21.6. The third-order valence-electron chi connectivity index (χ3n) is 4.82. The zero-order valence-electron chi connectivity index (χ0n) is 14.7. The maximum atomic E-state index is 6.46. The first-order chi connectivity index (χ1) is 11.1. The first-order valence-corrected chi connectivity index (χ1v) is 8.61. The summed E-state index contributed by atoms with van der Waals surface area (Å²) in [4.78, 5) is 2.29. The lowest BCUT2D eigenvalue weighted by Crippen LogP contribution is -2.47. The molecule has 2 heteroatoms. The highest BCUT2D eigenvalue weighted by Crippen LogP contribution is 2.41. The predicted octanol–water partition coefficient (Wildman–Crippen LogP) is 3.91. The van der Waals surface area contributed by atoms with Crippen LogP contribution in [0.15, 0.2) is 60.7 Å². The number of nitrogens with two attached hydrogens (primary N) is 1. The van der Waals surface area contributed by atoms with Crippen molar-refractivity contribution in [2.75, 3.05) is 27.2 Å². The summed E-state index contributed by atoms with van der Waals surface area (Å²) >= 11 is 0. The van der Waals surface area contributed by atoms with Crippen molar-refractivity contribution in [1.29, 1.82) is 0 Å². The van der Waals surface area contributed by atoms with Crippen LogP contribution in [0.5, 0.6) is 0 Å². The summed E-state index contributed by atoms with van der Waals surface area (Å²) in [5.41, 5.74) is 8.98. The molecule has 0 radical (unpaired) electrons. The van der Waals surface area contributed by atoms with Crippen LogP contribution in [0.4, 0.5) is 0 Å². The third-order valence-corrected chi connectivity index (χ3v) is 4.82. The van der Waals surface area contributed by atoms with E-state index < -0.39 is 0 Å². The molecular weight excluding hydrogens is 280 g/mol. The Morgan fingerprint density at radius 3 is 1.74 bits per heavy atom. The van der Waals surface area contributed by atoms with Crippen molar-refractivity contribution >= 4 is 0 Å². The summed E-state index contributed by atoms with van der Waals surface area (Å²) in [6.07, 6.45) is 2.33. The largest absolute Gasteiger partial charge is 0.329 e. The normalized spacial score (nSPS) is 13.3. The van der Waals surface area contributed by atoms with Gasteiger partial charge in [0.25, 0.3) is 0 Å². The van der Waals surface area contributed by atoms with Gasteiger partial charge in [-0.25, -0.2) is 0 Å². The summed E-state index contributed by atoms with van der Waals surface area (Å²) in [6.45, 7) is 3.92. The molecule has 0 amide bonds. The Morgan fingerprint density at radius 2 is 1.39 bits per heavy atom. The lowest BCUT2D eigenvalue weighted by atomic mass is 9.64. The van der Waals surface area contributed by atoms with Crippen LogP contribution in [0.2, 0.25) is 0 Å². The van der Waals surface area contributed by atoms with E-state index in [0.29, 0.717) is 12.5 Å². The minimum absolute atomic E-state index is 0.136. The molecule has 0 heterocycles. The Balaban J connectivity index is 2.61. The van der Waals surface area contributed by atoms with Gasteiger partial charge in [0.05, 0.1) is 0 Å². The van der Waals surface area contributed by atoms with Crippen LogP contribution in [-0.2, 0) is 5.41 Å². The van der Waals surface area contributed by atoms with Crippen molar-refractivity contribution < 1.29 is 0 Å². The predicted molar refractivity (Wildman–Crippen MR) is 99.7 cm³/mol. The summed E-state index contributed by atoms with van der Waals surface area (Å²) in [7, 11) is 4.31. The molecule has 1 atom stereocenters. The summed E-state index contributed by atoms with van der Waals surface area (Å²) in [5, 5.41) is 0. The fraction of sp³-hybridized carbons (Fsp3) is 0.429. The fourth-order valence-electron chi connectivity index (χ4n) is 3.79. The zero-order chi connectivity index (χ0) is 16.7. The van der Waals surface area contributed by atoms with Crippen molar-refractivity contribution in [2.45, 2.75) is 25.2 Å². The standard InChI is InChI=1S/C21H30N2/c1-4-11-20(16-23(2)3)21(17-22,18-12-7-5-8-13-18)19-14-9-6-10-15-19/h5-10,12-15,20H,4,11,16-17,22H2,1-3H3. The van der Waals surface area contributed by atoms with Gasteiger partial charge in [0, 0.05) is 18.5 Å². The van der Waals surface area contributed by atoms with Gasteiger partial charge in [0.1, 0.15) is 0 Å². The highest BCUT2D eigenvalue weighted by atomic mass is 15.1. The van der Waals surface area contributed by atoms with E-state index in [1.165, 1.54) is 24.0 Å². The molecule has 2 N–H and O–H groups in total. The molecule has 2 rings (SSSR count). The second kappa shape index (κ2) is 8.28. The molecular formula is C21H30N2. The van der Waals surface area contributed by atoms with E-state index >= 15 is 0 Å². The molecule has 0 aromatic heterocycles. The molecule has 0 aliphatic carbocycles. The highest BCUT2D eigenvalue weighted by Gasteiger charge is 2.40. The second-order valence-electron chi connectivity index (χ2n) is 6.66. The topological polar surface area (TPSA) is 29.3 Å². The maximum absolute atomic E-state index is 6.46. The van der Waals surface area contributed by atoms with Crippen LogP contribution in [0, 0.1) is 5.92 Å². The minimum atomic E-state index is -0.136. The van der Waals surface area contributed by atoms with Crippen molar-refractivity contribution in [3.63, 3.8) is 0 Å². The van der Waals surface area contributed by atoms with Crippen LogP contribution < -0.4 is 5.73 Å². The van der Waals surface area contributed by atoms with Gasteiger partial charge < -0.3 is 10.6 Å². The fourth-order valence-corrected chi connectivity index (χ4v) is 3.79. The SMILES string of the molecule is CCCC(CN(C)C)C(CN)(c1ccccc1)c1ccccc1. The molecule has 0 aliphatic heterocycles. The first kappa shape index (κ1) is 17.7. The van der Waals surface area contributed by atoms with Crippen LogP contribution in [0.25, 0.3) is 0 Å². The number of hydrogen-bond donors (Lipinski definition) is 1. The van der Waals surface area contributed by atoms with E-state index in [1.54, 1.807) is 0 Å². The van der Waals surface area contributed by atoms with E-state index in [2.05, 4.69) is 86.6 Å². The number of nitrogens with zero attached hydrogens (tertiary/aromatic N) is 1. The molecule has 0 saturated carbocycles. The monoisotopic (exact) mass is 310 g/mol. The Bertz CT molecular complexity index is 523. The second-order valence-corrected chi connectivity index (χ2v) is 6.66. The third kappa shape index (κ3) is 3.82. The molecule has 0 spiro atoms. The lowest BCUT2D eigenvalue weighted by molar-refractivity contribution is 0.226. The van der Waals surface area contributed by atoms with E-state index in [4.69, 9.17) is 5.73 Å². The Morgan fingerprint density at radius 1 is 0.913 bits per heavy atom. The average molecular weight is 310 g/mol. The van der Waals surface area contributed by atoms with Gasteiger partial charge in [-0.3, -0.25) is 0 Å². The first-order valence-electron chi connectivity index (χ1n) is 8.61. The Kier molecular flexibility index (Phi) is 6.37. The zero-order valence-corrected chi connectivity index (χ0v) is 14.7. The highest BCUT2D eigenvalue weighted by molar-refractivity contribution is 5.41. The molecule has 0 fully saturated rings. The van der Waals surface area contributed by atoms with Gasteiger partial charge >= 0.3 is 0 Å². The van der Waals surface area contributed by atoms with E-state index in [1.807, 2.05) is 0 Å². The molecule has 23 heavy (non-hydrogen) atoms. The maximum Gasteiger partial charge on any atom is 0.0365 e. The van der Waals surface area contributed by atoms with Gasteiger partial charge in [0.15, 0.2) is 0 Å². The van der Waals surface area contributed by atoms with Gasteiger partial charge in [-0.1, -0.05) is 74.0 Å². The van der Waals surface area contributed by atoms with Crippen LogP contribution in [-0.4, -0.2) is 32.1 Å².